The van der Waals surface area contributed by atoms with E-state index in [1.54, 1.807) is 0 Å². The predicted molar refractivity (Wildman–Crippen MR) is 64.5 cm³/mol. The monoisotopic (exact) mass is 231 g/mol. The van der Waals surface area contributed by atoms with Crippen LogP contribution in [0.4, 0.5) is 0 Å². The fourth-order valence-electron chi connectivity index (χ4n) is 3.09. The summed E-state index contributed by atoms with van der Waals surface area (Å²) in [7, 11) is 0. The van der Waals surface area contributed by atoms with Gasteiger partial charge in [-0.2, -0.15) is 0 Å². The third-order valence-corrected chi connectivity index (χ3v) is 4.54. The first-order chi connectivity index (χ1) is 8.19. The molecular weight excluding hydrogens is 214 g/mol. The second kappa shape index (κ2) is 3.57. The van der Waals surface area contributed by atoms with Crippen LogP contribution in [0.1, 0.15) is 31.2 Å². The number of carboxylic acid groups (broad SMARTS) is 1. The average molecular weight is 231 g/mol. The highest BCUT2D eigenvalue weighted by Gasteiger charge is 2.69. The number of rotatable bonds is 4. The minimum atomic E-state index is -0.669. The summed E-state index contributed by atoms with van der Waals surface area (Å²) in [6.45, 7) is 0.648. The van der Waals surface area contributed by atoms with Crippen molar-refractivity contribution < 1.29 is 9.90 Å². The van der Waals surface area contributed by atoms with Gasteiger partial charge in [-0.25, -0.2) is 0 Å². The molecule has 2 fully saturated rings. The maximum atomic E-state index is 11.5. The number of carboxylic acids is 1. The molecule has 0 amide bonds. The zero-order valence-corrected chi connectivity index (χ0v) is 9.78. The molecule has 0 aliphatic heterocycles. The summed E-state index contributed by atoms with van der Waals surface area (Å²) in [5.41, 5.74) is 0.576. The van der Waals surface area contributed by atoms with E-state index in [1.165, 1.54) is 0 Å². The first kappa shape index (κ1) is 10.8. The summed E-state index contributed by atoms with van der Waals surface area (Å²) in [6.07, 6.45) is 3.98. The second-order valence-electron chi connectivity index (χ2n) is 5.33. The van der Waals surface area contributed by atoms with Gasteiger partial charge in [-0.3, -0.25) is 10.1 Å². The molecule has 3 heteroatoms. The smallest absolute Gasteiger partial charge is 0.324 e. The molecule has 1 unspecified atom stereocenters. The lowest BCUT2D eigenvalue weighted by Gasteiger charge is -2.48. The molecule has 0 aromatic heterocycles. The SMILES string of the molecule is O=C(O)C1(NCc2ccccc2)CCC12CC2. The maximum absolute atomic E-state index is 11.5. The summed E-state index contributed by atoms with van der Waals surface area (Å²) >= 11 is 0. The highest BCUT2D eigenvalue weighted by Crippen LogP contribution is 2.66. The zero-order chi connectivity index (χ0) is 11.9. The first-order valence-electron chi connectivity index (χ1n) is 6.21. The van der Waals surface area contributed by atoms with Gasteiger partial charge in [0.2, 0.25) is 0 Å². The van der Waals surface area contributed by atoms with Crippen LogP contribution in [0.5, 0.6) is 0 Å². The van der Waals surface area contributed by atoms with Crippen molar-refractivity contribution in [2.24, 2.45) is 5.41 Å². The van der Waals surface area contributed by atoms with Crippen molar-refractivity contribution in [1.29, 1.82) is 0 Å². The predicted octanol–water partition coefficient (Wildman–Crippen LogP) is 2.17. The standard InChI is InChI=1S/C14H17NO2/c16-12(17)14(9-8-13(14)6-7-13)15-10-11-4-2-1-3-5-11/h1-5,15H,6-10H2,(H,16,17). The van der Waals surface area contributed by atoms with E-state index in [2.05, 4.69) is 5.32 Å². The number of hydrogen-bond acceptors (Lipinski definition) is 2. The van der Waals surface area contributed by atoms with Crippen LogP contribution in [0.15, 0.2) is 30.3 Å². The first-order valence-corrected chi connectivity index (χ1v) is 6.21. The highest BCUT2D eigenvalue weighted by atomic mass is 16.4. The van der Waals surface area contributed by atoms with Gasteiger partial charge in [0.1, 0.15) is 5.54 Å². The summed E-state index contributed by atoms with van der Waals surface area (Å²) in [5, 5.41) is 12.8. The van der Waals surface area contributed by atoms with Crippen LogP contribution in [0, 0.1) is 5.41 Å². The third kappa shape index (κ3) is 1.49. The molecule has 1 atom stereocenters. The van der Waals surface area contributed by atoms with Gasteiger partial charge in [-0.1, -0.05) is 30.3 Å². The van der Waals surface area contributed by atoms with Gasteiger partial charge in [-0.05, 0) is 36.7 Å². The van der Waals surface area contributed by atoms with Gasteiger partial charge in [0.05, 0.1) is 0 Å². The van der Waals surface area contributed by atoms with Crippen molar-refractivity contribution in [1.82, 2.24) is 5.32 Å². The van der Waals surface area contributed by atoms with Crippen molar-refractivity contribution in [3.8, 4) is 0 Å². The Labute approximate surface area is 101 Å². The molecule has 0 bridgehead atoms. The van der Waals surface area contributed by atoms with E-state index in [9.17, 15) is 9.90 Å². The van der Waals surface area contributed by atoms with Crippen molar-refractivity contribution in [2.75, 3.05) is 0 Å². The van der Waals surface area contributed by atoms with Crippen LogP contribution in [0.25, 0.3) is 0 Å². The van der Waals surface area contributed by atoms with E-state index in [-0.39, 0.29) is 5.41 Å². The molecule has 0 saturated heterocycles. The molecule has 3 rings (SSSR count). The molecule has 17 heavy (non-hydrogen) atoms. The lowest BCUT2D eigenvalue weighted by molar-refractivity contribution is -0.155. The molecule has 3 nitrogen and oxygen atoms in total. The van der Waals surface area contributed by atoms with E-state index in [0.29, 0.717) is 6.54 Å². The Morgan fingerprint density at radius 1 is 1.18 bits per heavy atom. The molecule has 1 spiro atoms. The Hall–Kier alpha value is -1.35. The van der Waals surface area contributed by atoms with E-state index in [4.69, 9.17) is 0 Å². The van der Waals surface area contributed by atoms with Gasteiger partial charge in [0.25, 0.3) is 0 Å². The summed E-state index contributed by atoms with van der Waals surface area (Å²) < 4.78 is 0. The quantitative estimate of drug-likeness (QED) is 0.835. The highest BCUT2D eigenvalue weighted by molar-refractivity contribution is 5.82. The lowest BCUT2D eigenvalue weighted by atomic mass is 9.63. The van der Waals surface area contributed by atoms with Gasteiger partial charge in [0, 0.05) is 6.54 Å². The average Bonchev–Trinajstić information content (AvgIpc) is 3.11. The fourth-order valence-corrected chi connectivity index (χ4v) is 3.09. The molecule has 2 aliphatic rings. The molecule has 2 aliphatic carbocycles. The van der Waals surface area contributed by atoms with Crippen molar-refractivity contribution in [3.63, 3.8) is 0 Å². The maximum Gasteiger partial charge on any atom is 0.324 e. The number of carbonyl (C=O) groups is 1. The van der Waals surface area contributed by atoms with Crippen LogP contribution < -0.4 is 5.32 Å². The summed E-state index contributed by atoms with van der Waals surface area (Å²) in [4.78, 5) is 11.5. The number of nitrogens with one attached hydrogen (secondary N) is 1. The van der Waals surface area contributed by atoms with Gasteiger partial charge < -0.3 is 5.11 Å². The summed E-state index contributed by atoms with van der Waals surface area (Å²) in [6, 6.07) is 10.0. The Balaban J connectivity index is 1.73. The van der Waals surface area contributed by atoms with Crippen LogP contribution in [0.2, 0.25) is 0 Å². The van der Waals surface area contributed by atoms with Crippen LogP contribution in [0.3, 0.4) is 0 Å². The fraction of sp³-hybridized carbons (Fsp3) is 0.500. The molecule has 90 valence electrons. The number of aliphatic carboxylic acids is 1. The van der Waals surface area contributed by atoms with E-state index in [0.717, 1.165) is 31.2 Å². The second-order valence-corrected chi connectivity index (χ2v) is 5.33. The van der Waals surface area contributed by atoms with Crippen LogP contribution in [-0.4, -0.2) is 16.6 Å². The van der Waals surface area contributed by atoms with E-state index in [1.807, 2.05) is 30.3 Å². The number of hydrogen-bond donors (Lipinski definition) is 2. The van der Waals surface area contributed by atoms with Gasteiger partial charge >= 0.3 is 5.97 Å². The molecule has 1 aromatic rings. The van der Waals surface area contributed by atoms with Crippen LogP contribution >= 0.6 is 0 Å². The minimum absolute atomic E-state index is 0.0770. The molecule has 2 N–H and O–H groups in total. The van der Waals surface area contributed by atoms with Crippen molar-refractivity contribution in [3.05, 3.63) is 35.9 Å². The van der Waals surface area contributed by atoms with Gasteiger partial charge in [0.15, 0.2) is 0 Å². The van der Waals surface area contributed by atoms with E-state index >= 15 is 0 Å². The molecule has 0 radical (unpaired) electrons. The van der Waals surface area contributed by atoms with E-state index < -0.39 is 11.5 Å². The van der Waals surface area contributed by atoms with Gasteiger partial charge in [-0.15, -0.1) is 0 Å². The topological polar surface area (TPSA) is 49.3 Å². The molecule has 1 aromatic carbocycles. The van der Waals surface area contributed by atoms with Crippen molar-refractivity contribution >= 4 is 5.97 Å². The Bertz CT molecular complexity index is 439. The molecule has 0 heterocycles. The normalized spacial score (nSPS) is 28.7. The number of benzene rings is 1. The zero-order valence-electron chi connectivity index (χ0n) is 9.78. The lowest BCUT2D eigenvalue weighted by Crippen LogP contribution is -2.64. The molecular formula is C14H17NO2. The van der Waals surface area contributed by atoms with Crippen LogP contribution in [-0.2, 0) is 11.3 Å². The minimum Gasteiger partial charge on any atom is -0.480 e. The molecule has 2 saturated carbocycles. The Morgan fingerprint density at radius 2 is 1.82 bits per heavy atom. The third-order valence-electron chi connectivity index (χ3n) is 4.54. The Kier molecular flexibility index (Phi) is 2.26. The van der Waals surface area contributed by atoms with Crippen molar-refractivity contribution in [2.45, 2.75) is 37.8 Å². The Morgan fingerprint density at radius 3 is 2.29 bits per heavy atom. The largest absolute Gasteiger partial charge is 0.480 e. The summed E-state index contributed by atoms with van der Waals surface area (Å²) in [5.74, 6) is -0.669.